The molecule has 292 valence electrons. The van der Waals surface area contributed by atoms with Crippen LogP contribution in [0, 0.1) is 0 Å². The zero-order valence-electron chi connectivity index (χ0n) is 30.3. The van der Waals surface area contributed by atoms with Gasteiger partial charge in [0, 0.05) is 19.6 Å². The minimum Gasteiger partial charge on any atom is -0.481 e. The number of rotatable bonds is 41. The normalized spacial score (nSPS) is 11.7. The van der Waals surface area contributed by atoms with E-state index in [9.17, 15) is 9.59 Å². The van der Waals surface area contributed by atoms with Crippen molar-refractivity contribution in [2.24, 2.45) is 0 Å². The van der Waals surface area contributed by atoms with Gasteiger partial charge in [-0.05, 0) is 26.1 Å². The molecule has 2 N–H and O–H groups in total. The van der Waals surface area contributed by atoms with Crippen LogP contribution in [0.25, 0.3) is 0 Å². The number of carboxylic acids is 1. The number of nitrogens with one attached hydrogen (secondary N) is 1. The lowest BCUT2D eigenvalue weighted by atomic mass is 10.3. The summed E-state index contributed by atoms with van der Waals surface area (Å²) < 4.78 is 65.8. The van der Waals surface area contributed by atoms with Gasteiger partial charge in [-0.25, -0.2) is 0 Å². The number of hydrogen-bond acceptors (Lipinski definition) is 14. The van der Waals surface area contributed by atoms with Crippen molar-refractivity contribution in [2.45, 2.75) is 38.9 Å². The van der Waals surface area contributed by atoms with Crippen LogP contribution in [0.3, 0.4) is 0 Å². The summed E-state index contributed by atoms with van der Waals surface area (Å²) in [7, 11) is -1.46. The number of ether oxygens (including phenoxy) is 11. The third kappa shape index (κ3) is 44.7. The third-order valence-electron chi connectivity index (χ3n) is 5.84. The fraction of sp³-hybridized carbons (Fsp3) is 0.938. The van der Waals surface area contributed by atoms with Gasteiger partial charge in [0.15, 0.2) is 8.32 Å². The molecule has 0 unspecified atom stereocenters. The number of amides is 1. The van der Waals surface area contributed by atoms with Gasteiger partial charge in [0.05, 0.1) is 152 Å². The second-order valence-corrected chi connectivity index (χ2v) is 15.8. The van der Waals surface area contributed by atoms with Crippen molar-refractivity contribution in [3.8, 4) is 0 Å². The Morgan fingerprint density at radius 2 is 0.694 bits per heavy atom. The van der Waals surface area contributed by atoms with Gasteiger partial charge in [0.2, 0.25) is 5.91 Å². The summed E-state index contributed by atoms with van der Waals surface area (Å²) in [6, 6.07) is 0. The first-order valence-corrected chi connectivity index (χ1v) is 20.7. The molecular formula is C32H65NO15Si. The monoisotopic (exact) mass is 731 g/mol. The van der Waals surface area contributed by atoms with Crippen LogP contribution in [0.2, 0.25) is 19.6 Å². The van der Waals surface area contributed by atoms with Crippen LogP contribution in [0.1, 0.15) is 19.3 Å². The highest BCUT2D eigenvalue weighted by atomic mass is 28.4. The highest BCUT2D eigenvalue weighted by Gasteiger charge is 2.13. The van der Waals surface area contributed by atoms with Gasteiger partial charge in [-0.3, -0.25) is 9.59 Å². The van der Waals surface area contributed by atoms with Crippen molar-refractivity contribution in [2.75, 3.05) is 159 Å². The largest absolute Gasteiger partial charge is 0.481 e. The second-order valence-electron chi connectivity index (χ2n) is 11.3. The molecule has 0 saturated heterocycles. The average Bonchev–Trinajstić information content (AvgIpc) is 3.06. The lowest BCUT2D eigenvalue weighted by Crippen LogP contribution is -2.27. The standard InChI is InChI=1S/C32H65NO15Si/c1-49(2,3)48-30-29-47-28-27-46-26-25-45-24-23-44-22-21-43-20-19-42-18-17-41-16-15-40-14-13-39-12-11-38-10-9-37-8-4-7-33-31(34)5-6-32(35)36/h4-30H2,1-3H3,(H,33,34)(H,35,36). The van der Waals surface area contributed by atoms with Gasteiger partial charge in [0.25, 0.3) is 0 Å². The minimum absolute atomic E-state index is 0.0102. The maximum Gasteiger partial charge on any atom is 0.303 e. The molecule has 0 aromatic rings. The first kappa shape index (κ1) is 47.7. The molecule has 0 aliphatic carbocycles. The van der Waals surface area contributed by atoms with Gasteiger partial charge in [-0.15, -0.1) is 0 Å². The van der Waals surface area contributed by atoms with E-state index in [1.807, 2.05) is 0 Å². The Kier molecular flexibility index (Phi) is 36.9. The topological polar surface area (TPSA) is 177 Å². The van der Waals surface area contributed by atoms with Crippen LogP contribution >= 0.6 is 0 Å². The smallest absolute Gasteiger partial charge is 0.303 e. The van der Waals surface area contributed by atoms with E-state index in [-0.39, 0.29) is 18.7 Å². The highest BCUT2D eigenvalue weighted by Crippen LogP contribution is 2.01. The summed E-state index contributed by atoms with van der Waals surface area (Å²) in [5.41, 5.74) is 0. The Balaban J connectivity index is 3.10. The van der Waals surface area contributed by atoms with Crippen LogP contribution in [-0.4, -0.2) is 184 Å². The van der Waals surface area contributed by atoms with E-state index in [4.69, 9.17) is 61.6 Å². The fourth-order valence-corrected chi connectivity index (χ4v) is 4.11. The molecule has 0 aromatic heterocycles. The van der Waals surface area contributed by atoms with Crippen LogP contribution in [0.4, 0.5) is 0 Å². The molecule has 49 heavy (non-hydrogen) atoms. The zero-order chi connectivity index (χ0) is 35.9. The van der Waals surface area contributed by atoms with Crippen molar-refractivity contribution >= 4 is 20.2 Å². The molecule has 16 nitrogen and oxygen atoms in total. The van der Waals surface area contributed by atoms with E-state index < -0.39 is 14.3 Å². The van der Waals surface area contributed by atoms with Gasteiger partial charge >= 0.3 is 5.97 Å². The van der Waals surface area contributed by atoms with Gasteiger partial charge in [-0.1, -0.05) is 0 Å². The molecule has 1 amide bonds. The average molecular weight is 732 g/mol. The molecule has 0 aliphatic heterocycles. The lowest BCUT2D eigenvalue weighted by molar-refractivity contribution is -0.138. The summed E-state index contributed by atoms with van der Waals surface area (Å²) in [4.78, 5) is 21.8. The maximum absolute atomic E-state index is 11.4. The summed E-state index contributed by atoms with van der Waals surface area (Å²) in [6.45, 7) is 18.5. The van der Waals surface area contributed by atoms with E-state index in [0.29, 0.717) is 165 Å². The van der Waals surface area contributed by atoms with E-state index in [1.165, 1.54) is 0 Å². The number of hydrogen-bond donors (Lipinski definition) is 2. The summed E-state index contributed by atoms with van der Waals surface area (Å²) in [5.74, 6) is -1.25. The number of carboxylic acid groups (broad SMARTS) is 1. The lowest BCUT2D eigenvalue weighted by Gasteiger charge is -2.16. The summed E-state index contributed by atoms with van der Waals surface area (Å²) in [5, 5.41) is 11.2. The van der Waals surface area contributed by atoms with Crippen molar-refractivity contribution in [1.29, 1.82) is 0 Å². The van der Waals surface area contributed by atoms with Crippen LogP contribution in [0.5, 0.6) is 0 Å². The maximum atomic E-state index is 11.4. The second kappa shape index (κ2) is 37.9. The van der Waals surface area contributed by atoms with Crippen molar-refractivity contribution in [3.63, 3.8) is 0 Å². The SMILES string of the molecule is C[Si](C)(C)OCCOCCOCCOCCOCCOCCOCCOCCOCCOCCOCCOCCCNC(=O)CCC(=O)O. The van der Waals surface area contributed by atoms with Crippen LogP contribution in [-0.2, 0) is 66.1 Å². The first-order chi connectivity index (χ1) is 23.8. The highest BCUT2D eigenvalue weighted by molar-refractivity contribution is 6.69. The molecule has 0 saturated carbocycles. The Labute approximate surface area is 294 Å². The van der Waals surface area contributed by atoms with Crippen molar-refractivity contribution in [3.05, 3.63) is 0 Å². The molecule has 0 heterocycles. The Bertz CT molecular complexity index is 719. The Hall–Kier alpha value is -1.32. The number of carbonyl (C=O) groups excluding carboxylic acids is 1. The van der Waals surface area contributed by atoms with E-state index in [1.54, 1.807) is 0 Å². The van der Waals surface area contributed by atoms with Crippen LogP contribution in [0.15, 0.2) is 0 Å². The predicted molar refractivity (Wildman–Crippen MR) is 183 cm³/mol. The van der Waals surface area contributed by atoms with E-state index in [2.05, 4.69) is 25.0 Å². The molecular weight excluding hydrogens is 666 g/mol. The zero-order valence-corrected chi connectivity index (χ0v) is 31.3. The van der Waals surface area contributed by atoms with Gasteiger partial charge in [-0.2, -0.15) is 0 Å². The molecule has 0 fully saturated rings. The minimum atomic E-state index is -1.46. The van der Waals surface area contributed by atoms with E-state index >= 15 is 0 Å². The van der Waals surface area contributed by atoms with Gasteiger partial charge in [0.1, 0.15) is 0 Å². The molecule has 0 atom stereocenters. The Morgan fingerprint density at radius 1 is 0.429 bits per heavy atom. The van der Waals surface area contributed by atoms with E-state index in [0.717, 1.165) is 0 Å². The van der Waals surface area contributed by atoms with Crippen LogP contribution < -0.4 is 5.32 Å². The first-order valence-electron chi connectivity index (χ1n) is 17.3. The molecule has 0 aliphatic rings. The van der Waals surface area contributed by atoms with Crippen molar-refractivity contribution in [1.82, 2.24) is 5.32 Å². The molecule has 0 radical (unpaired) electrons. The summed E-state index contributed by atoms with van der Waals surface area (Å²) in [6.07, 6.45) is 0.477. The molecule has 0 rings (SSSR count). The molecule has 17 heteroatoms. The number of aliphatic carboxylic acids is 1. The summed E-state index contributed by atoms with van der Waals surface area (Å²) >= 11 is 0. The molecule has 0 bridgehead atoms. The Morgan fingerprint density at radius 3 is 0.959 bits per heavy atom. The predicted octanol–water partition coefficient (Wildman–Crippen LogP) is 1.39. The van der Waals surface area contributed by atoms with Crippen molar-refractivity contribution < 1.29 is 71.2 Å². The number of carbonyl (C=O) groups is 2. The molecule has 0 spiro atoms. The fourth-order valence-electron chi connectivity index (χ4n) is 3.42. The quantitative estimate of drug-likeness (QED) is 0.0681. The van der Waals surface area contributed by atoms with Gasteiger partial charge < -0.3 is 67.0 Å². The molecule has 0 aromatic carbocycles. The third-order valence-corrected chi connectivity index (χ3v) is 6.91.